The zero-order valence-corrected chi connectivity index (χ0v) is 16.6. The largest absolute Gasteiger partial charge is 0.348 e. The van der Waals surface area contributed by atoms with E-state index in [1.165, 1.54) is 12.1 Å². The van der Waals surface area contributed by atoms with Crippen LogP contribution in [0.15, 0.2) is 57.9 Å². The highest BCUT2D eigenvalue weighted by Crippen LogP contribution is 2.21. The van der Waals surface area contributed by atoms with E-state index in [1.54, 1.807) is 12.1 Å². The molecular formula is C19H21BrN2O3S. The van der Waals surface area contributed by atoms with Gasteiger partial charge in [0.25, 0.3) is 5.91 Å². The highest BCUT2D eigenvalue weighted by atomic mass is 79.9. The van der Waals surface area contributed by atoms with Crippen molar-refractivity contribution in [3.05, 3.63) is 64.1 Å². The van der Waals surface area contributed by atoms with Crippen molar-refractivity contribution >= 4 is 31.9 Å². The van der Waals surface area contributed by atoms with Gasteiger partial charge in [0.1, 0.15) is 0 Å². The molecule has 0 aromatic heterocycles. The Bertz CT molecular complexity index is 893. The Hall–Kier alpha value is -1.70. The Labute approximate surface area is 162 Å². The number of halogens is 1. The number of carbonyl (C=O) groups is 1. The maximum absolute atomic E-state index is 12.5. The van der Waals surface area contributed by atoms with Crippen molar-refractivity contribution in [1.29, 1.82) is 0 Å². The first-order valence-corrected chi connectivity index (χ1v) is 10.9. The molecule has 0 radical (unpaired) electrons. The standard InChI is InChI=1S/C19H21BrN2O3S/c20-16-7-3-5-14(11-16)13-21-19(23)15-6-4-10-18(12-15)26(24,25)22-17-8-1-2-9-17/h3-7,10-12,17,22H,1-2,8-9,13H2,(H,21,23). The third-order valence-electron chi connectivity index (χ3n) is 4.43. The van der Waals surface area contributed by atoms with Gasteiger partial charge in [0.15, 0.2) is 0 Å². The van der Waals surface area contributed by atoms with Gasteiger partial charge in [0, 0.05) is 22.6 Å². The Kier molecular flexibility index (Phi) is 6.11. The number of amides is 1. The number of hydrogen-bond acceptors (Lipinski definition) is 3. The molecule has 2 aromatic carbocycles. The highest BCUT2D eigenvalue weighted by molar-refractivity contribution is 9.10. The lowest BCUT2D eigenvalue weighted by atomic mass is 10.2. The molecule has 1 fully saturated rings. The van der Waals surface area contributed by atoms with Crippen LogP contribution in [0.5, 0.6) is 0 Å². The van der Waals surface area contributed by atoms with Crippen molar-refractivity contribution in [2.24, 2.45) is 0 Å². The highest BCUT2D eigenvalue weighted by Gasteiger charge is 2.23. The van der Waals surface area contributed by atoms with E-state index in [9.17, 15) is 13.2 Å². The summed E-state index contributed by atoms with van der Waals surface area (Å²) in [7, 11) is -3.61. The van der Waals surface area contributed by atoms with Crippen LogP contribution in [0.1, 0.15) is 41.6 Å². The van der Waals surface area contributed by atoms with Gasteiger partial charge in [-0.15, -0.1) is 0 Å². The first kappa shape index (κ1) is 19.1. The van der Waals surface area contributed by atoms with Gasteiger partial charge < -0.3 is 5.32 Å². The minimum atomic E-state index is -3.61. The SMILES string of the molecule is O=C(NCc1cccc(Br)c1)c1cccc(S(=O)(=O)NC2CCCC2)c1. The van der Waals surface area contributed by atoms with Crippen molar-refractivity contribution in [1.82, 2.24) is 10.0 Å². The summed E-state index contributed by atoms with van der Waals surface area (Å²) >= 11 is 3.39. The van der Waals surface area contributed by atoms with E-state index in [0.29, 0.717) is 12.1 Å². The molecule has 3 rings (SSSR count). The zero-order chi connectivity index (χ0) is 18.6. The van der Waals surface area contributed by atoms with Crippen LogP contribution < -0.4 is 10.0 Å². The molecule has 2 aromatic rings. The molecule has 1 aliphatic rings. The second kappa shape index (κ2) is 8.33. The topological polar surface area (TPSA) is 75.3 Å². The molecule has 0 spiro atoms. The molecule has 1 amide bonds. The molecular weight excluding hydrogens is 416 g/mol. The first-order chi connectivity index (χ1) is 12.4. The summed E-state index contributed by atoms with van der Waals surface area (Å²) < 4.78 is 28.7. The van der Waals surface area contributed by atoms with Crippen LogP contribution >= 0.6 is 15.9 Å². The summed E-state index contributed by atoms with van der Waals surface area (Å²) in [5, 5.41) is 2.82. The minimum Gasteiger partial charge on any atom is -0.348 e. The van der Waals surface area contributed by atoms with Crippen molar-refractivity contribution in [3.63, 3.8) is 0 Å². The smallest absolute Gasteiger partial charge is 0.251 e. The third-order valence-corrected chi connectivity index (χ3v) is 6.44. The summed E-state index contributed by atoms with van der Waals surface area (Å²) in [6, 6.07) is 13.8. The van der Waals surface area contributed by atoms with Crippen LogP contribution in [0.25, 0.3) is 0 Å². The molecule has 0 bridgehead atoms. The summed E-state index contributed by atoms with van der Waals surface area (Å²) in [6.07, 6.45) is 3.83. The van der Waals surface area contributed by atoms with Crippen LogP contribution in [-0.4, -0.2) is 20.4 Å². The van der Waals surface area contributed by atoms with Crippen LogP contribution in [0.2, 0.25) is 0 Å². The number of hydrogen-bond donors (Lipinski definition) is 2. The fourth-order valence-electron chi connectivity index (χ4n) is 3.07. The summed E-state index contributed by atoms with van der Waals surface area (Å²) in [5.41, 5.74) is 1.29. The van der Waals surface area contributed by atoms with Gasteiger partial charge in [-0.25, -0.2) is 13.1 Å². The normalized spacial score (nSPS) is 15.1. The van der Waals surface area contributed by atoms with E-state index < -0.39 is 10.0 Å². The molecule has 1 saturated carbocycles. The van der Waals surface area contributed by atoms with Gasteiger partial charge in [-0.3, -0.25) is 4.79 Å². The predicted octanol–water partition coefficient (Wildman–Crippen LogP) is 3.60. The van der Waals surface area contributed by atoms with Gasteiger partial charge in [0.05, 0.1) is 4.90 Å². The molecule has 0 unspecified atom stereocenters. The van der Waals surface area contributed by atoms with Crippen molar-refractivity contribution in [2.75, 3.05) is 0 Å². The van der Waals surface area contributed by atoms with E-state index >= 15 is 0 Å². The lowest BCUT2D eigenvalue weighted by molar-refractivity contribution is 0.0950. The van der Waals surface area contributed by atoms with E-state index in [2.05, 4.69) is 26.0 Å². The molecule has 26 heavy (non-hydrogen) atoms. The zero-order valence-electron chi connectivity index (χ0n) is 14.2. The first-order valence-electron chi connectivity index (χ1n) is 8.59. The average Bonchev–Trinajstić information content (AvgIpc) is 3.12. The number of carbonyl (C=O) groups excluding carboxylic acids is 1. The van der Waals surface area contributed by atoms with Gasteiger partial charge in [-0.1, -0.05) is 47.0 Å². The number of sulfonamides is 1. The third kappa shape index (κ3) is 4.93. The Morgan fingerprint density at radius 1 is 1.08 bits per heavy atom. The second-order valence-electron chi connectivity index (χ2n) is 6.44. The van der Waals surface area contributed by atoms with Crippen LogP contribution in [0, 0.1) is 0 Å². The summed E-state index contributed by atoms with van der Waals surface area (Å²) in [5.74, 6) is -0.303. The molecule has 138 valence electrons. The molecule has 0 atom stereocenters. The molecule has 0 heterocycles. The minimum absolute atomic E-state index is 0.00555. The van der Waals surface area contributed by atoms with Gasteiger partial charge in [0.2, 0.25) is 10.0 Å². The second-order valence-corrected chi connectivity index (χ2v) is 9.07. The Morgan fingerprint density at radius 3 is 2.54 bits per heavy atom. The Morgan fingerprint density at radius 2 is 1.81 bits per heavy atom. The molecule has 5 nitrogen and oxygen atoms in total. The van der Waals surface area contributed by atoms with Crippen molar-refractivity contribution in [2.45, 2.75) is 43.2 Å². The average molecular weight is 437 g/mol. The lowest BCUT2D eigenvalue weighted by Crippen LogP contribution is -2.32. The van der Waals surface area contributed by atoms with E-state index in [0.717, 1.165) is 35.7 Å². The maximum atomic E-state index is 12.5. The van der Waals surface area contributed by atoms with Gasteiger partial charge in [-0.05, 0) is 48.7 Å². The molecule has 1 aliphatic carbocycles. The number of rotatable bonds is 6. The van der Waals surface area contributed by atoms with E-state index in [-0.39, 0.29) is 16.8 Å². The van der Waals surface area contributed by atoms with Crippen molar-refractivity contribution < 1.29 is 13.2 Å². The Balaban J connectivity index is 1.68. The van der Waals surface area contributed by atoms with Gasteiger partial charge >= 0.3 is 0 Å². The van der Waals surface area contributed by atoms with E-state index in [4.69, 9.17) is 0 Å². The van der Waals surface area contributed by atoms with Crippen molar-refractivity contribution in [3.8, 4) is 0 Å². The maximum Gasteiger partial charge on any atom is 0.251 e. The lowest BCUT2D eigenvalue weighted by Gasteiger charge is -2.13. The fourth-order valence-corrected chi connectivity index (χ4v) is 4.86. The van der Waals surface area contributed by atoms with Crippen LogP contribution in [-0.2, 0) is 16.6 Å². The monoisotopic (exact) mass is 436 g/mol. The number of benzene rings is 2. The number of nitrogens with one attached hydrogen (secondary N) is 2. The molecule has 0 saturated heterocycles. The summed E-state index contributed by atoms with van der Waals surface area (Å²) in [4.78, 5) is 12.5. The van der Waals surface area contributed by atoms with Gasteiger partial charge in [-0.2, -0.15) is 0 Å². The van der Waals surface area contributed by atoms with Crippen LogP contribution in [0.3, 0.4) is 0 Å². The molecule has 2 N–H and O–H groups in total. The summed E-state index contributed by atoms with van der Waals surface area (Å²) in [6.45, 7) is 0.371. The predicted molar refractivity (Wildman–Crippen MR) is 104 cm³/mol. The van der Waals surface area contributed by atoms with Crippen LogP contribution in [0.4, 0.5) is 0 Å². The quantitative estimate of drug-likeness (QED) is 0.725. The van der Waals surface area contributed by atoms with E-state index in [1.807, 2.05) is 24.3 Å². The molecule has 0 aliphatic heterocycles. The molecule has 7 heteroatoms. The fraction of sp³-hybridized carbons (Fsp3) is 0.316.